The molecule has 0 aliphatic carbocycles. The second kappa shape index (κ2) is 4.40. The summed E-state index contributed by atoms with van der Waals surface area (Å²) in [5.74, 6) is 2.11. The van der Waals surface area contributed by atoms with E-state index in [0.29, 0.717) is 18.6 Å². The van der Waals surface area contributed by atoms with Crippen molar-refractivity contribution in [1.29, 1.82) is 0 Å². The number of hydrogen-bond donors (Lipinski definition) is 1. The van der Waals surface area contributed by atoms with Crippen molar-refractivity contribution in [3.8, 4) is 17.2 Å². The minimum atomic E-state index is 0.328. The molecule has 0 bridgehead atoms. The highest BCUT2D eigenvalue weighted by atomic mass is 16.7. The number of phenols is 1. The first-order chi connectivity index (χ1) is 10.8. The van der Waals surface area contributed by atoms with Crippen LogP contribution in [0.15, 0.2) is 30.3 Å². The number of benzene rings is 2. The SMILES string of the molecule is Oc1ccc2c(c1)CN1CCc3cc4c(cc3C1C2)OCO4. The molecular formula is C18H17NO3. The van der Waals surface area contributed by atoms with Crippen LogP contribution in [0.5, 0.6) is 17.2 Å². The fraction of sp³-hybridized carbons (Fsp3) is 0.333. The third-order valence-electron chi connectivity index (χ3n) is 5.08. The van der Waals surface area contributed by atoms with Gasteiger partial charge in [0.2, 0.25) is 6.79 Å². The molecule has 0 fully saturated rings. The Kier molecular flexibility index (Phi) is 2.47. The smallest absolute Gasteiger partial charge is 0.231 e. The first-order valence-corrected chi connectivity index (χ1v) is 7.75. The number of aromatic hydroxyl groups is 1. The molecule has 0 saturated heterocycles. The van der Waals surface area contributed by atoms with Crippen LogP contribution in [-0.2, 0) is 19.4 Å². The van der Waals surface area contributed by atoms with Crippen LogP contribution in [0.25, 0.3) is 0 Å². The van der Waals surface area contributed by atoms with Crippen LogP contribution >= 0.6 is 0 Å². The third kappa shape index (κ3) is 1.74. The molecule has 0 amide bonds. The second-order valence-electron chi connectivity index (χ2n) is 6.30. The lowest BCUT2D eigenvalue weighted by molar-refractivity contribution is 0.160. The summed E-state index contributed by atoms with van der Waals surface area (Å²) in [6.07, 6.45) is 2.03. The third-order valence-corrected chi connectivity index (χ3v) is 5.08. The van der Waals surface area contributed by atoms with Gasteiger partial charge in [-0.2, -0.15) is 0 Å². The molecule has 112 valence electrons. The van der Waals surface area contributed by atoms with Gasteiger partial charge < -0.3 is 14.6 Å². The molecule has 3 aliphatic rings. The second-order valence-corrected chi connectivity index (χ2v) is 6.30. The molecule has 22 heavy (non-hydrogen) atoms. The Morgan fingerprint density at radius 3 is 2.77 bits per heavy atom. The predicted molar refractivity (Wildman–Crippen MR) is 81.2 cm³/mol. The van der Waals surface area contributed by atoms with Crippen molar-refractivity contribution in [2.24, 2.45) is 0 Å². The van der Waals surface area contributed by atoms with E-state index in [1.165, 1.54) is 22.3 Å². The van der Waals surface area contributed by atoms with Gasteiger partial charge in [0, 0.05) is 19.1 Å². The van der Waals surface area contributed by atoms with Crippen molar-refractivity contribution >= 4 is 0 Å². The average Bonchev–Trinajstić information content (AvgIpc) is 2.98. The van der Waals surface area contributed by atoms with Crippen LogP contribution in [0.4, 0.5) is 0 Å². The number of nitrogens with zero attached hydrogens (tertiary/aromatic N) is 1. The molecule has 1 N–H and O–H groups in total. The lowest BCUT2D eigenvalue weighted by atomic mass is 9.84. The zero-order valence-corrected chi connectivity index (χ0v) is 12.2. The highest BCUT2D eigenvalue weighted by molar-refractivity contribution is 5.51. The molecule has 0 radical (unpaired) electrons. The zero-order chi connectivity index (χ0) is 14.7. The number of phenolic OH excluding ortho intramolecular Hbond substituents is 1. The van der Waals surface area contributed by atoms with E-state index < -0.39 is 0 Å². The minimum absolute atomic E-state index is 0.328. The van der Waals surface area contributed by atoms with Crippen molar-refractivity contribution < 1.29 is 14.6 Å². The normalized spacial score (nSPS) is 21.9. The molecule has 0 spiro atoms. The Bertz CT molecular complexity index is 771. The molecular weight excluding hydrogens is 278 g/mol. The van der Waals surface area contributed by atoms with Crippen molar-refractivity contribution in [1.82, 2.24) is 4.90 Å². The van der Waals surface area contributed by atoms with E-state index in [1.54, 1.807) is 6.07 Å². The monoisotopic (exact) mass is 295 g/mol. The van der Waals surface area contributed by atoms with Crippen molar-refractivity contribution in [2.45, 2.75) is 25.4 Å². The summed E-state index contributed by atoms with van der Waals surface area (Å²) < 4.78 is 11.1. The molecule has 0 saturated carbocycles. The molecule has 2 aromatic carbocycles. The van der Waals surface area contributed by atoms with Crippen molar-refractivity contribution in [3.63, 3.8) is 0 Å². The van der Waals surface area contributed by atoms with Gasteiger partial charge in [0.05, 0.1) is 0 Å². The summed E-state index contributed by atoms with van der Waals surface area (Å²) in [6, 6.07) is 10.5. The number of rotatable bonds is 0. The molecule has 4 heteroatoms. The van der Waals surface area contributed by atoms with Crippen LogP contribution in [-0.4, -0.2) is 23.3 Å². The summed E-state index contributed by atoms with van der Waals surface area (Å²) in [5.41, 5.74) is 5.34. The summed E-state index contributed by atoms with van der Waals surface area (Å²) >= 11 is 0. The van der Waals surface area contributed by atoms with Gasteiger partial charge in [-0.3, -0.25) is 4.90 Å². The van der Waals surface area contributed by atoms with E-state index in [2.05, 4.69) is 23.1 Å². The summed E-state index contributed by atoms with van der Waals surface area (Å²) in [7, 11) is 0. The maximum absolute atomic E-state index is 9.70. The van der Waals surface area contributed by atoms with Crippen LogP contribution in [0.2, 0.25) is 0 Å². The van der Waals surface area contributed by atoms with Crippen LogP contribution in [0.3, 0.4) is 0 Å². The van der Waals surface area contributed by atoms with Gasteiger partial charge in [-0.1, -0.05) is 6.07 Å². The lowest BCUT2D eigenvalue weighted by Crippen LogP contribution is -2.39. The summed E-state index contributed by atoms with van der Waals surface area (Å²) in [4.78, 5) is 2.51. The molecule has 2 aromatic rings. The van der Waals surface area contributed by atoms with Gasteiger partial charge >= 0.3 is 0 Å². The molecule has 1 atom stereocenters. The van der Waals surface area contributed by atoms with E-state index in [9.17, 15) is 5.11 Å². The Balaban J connectivity index is 1.58. The first-order valence-electron chi connectivity index (χ1n) is 7.75. The lowest BCUT2D eigenvalue weighted by Gasteiger charge is -2.41. The molecule has 3 aliphatic heterocycles. The maximum atomic E-state index is 9.70. The Labute approximate surface area is 128 Å². The summed E-state index contributed by atoms with van der Waals surface area (Å²) in [6.45, 7) is 2.28. The average molecular weight is 295 g/mol. The number of hydrogen-bond acceptors (Lipinski definition) is 4. The Hall–Kier alpha value is -2.20. The number of fused-ring (bicyclic) bond motifs is 5. The molecule has 1 unspecified atom stereocenters. The molecule has 0 aromatic heterocycles. The van der Waals surface area contributed by atoms with Crippen molar-refractivity contribution in [2.75, 3.05) is 13.3 Å². The molecule has 5 rings (SSSR count). The van der Waals surface area contributed by atoms with Gasteiger partial charge in [0.1, 0.15) is 5.75 Å². The van der Waals surface area contributed by atoms with E-state index in [1.807, 2.05) is 6.07 Å². The topological polar surface area (TPSA) is 41.9 Å². The van der Waals surface area contributed by atoms with E-state index >= 15 is 0 Å². The zero-order valence-electron chi connectivity index (χ0n) is 12.2. The minimum Gasteiger partial charge on any atom is -0.508 e. The largest absolute Gasteiger partial charge is 0.508 e. The quantitative estimate of drug-likeness (QED) is 0.811. The Morgan fingerprint density at radius 1 is 1.00 bits per heavy atom. The molecule has 4 nitrogen and oxygen atoms in total. The van der Waals surface area contributed by atoms with Crippen molar-refractivity contribution in [3.05, 3.63) is 52.6 Å². The highest BCUT2D eigenvalue weighted by Crippen LogP contribution is 2.44. The Morgan fingerprint density at radius 2 is 1.86 bits per heavy atom. The fourth-order valence-electron chi connectivity index (χ4n) is 3.96. The van der Waals surface area contributed by atoms with Gasteiger partial charge in [-0.15, -0.1) is 0 Å². The van der Waals surface area contributed by atoms with Crippen LogP contribution < -0.4 is 9.47 Å². The maximum Gasteiger partial charge on any atom is 0.231 e. The van der Waals surface area contributed by atoms with Gasteiger partial charge in [0.25, 0.3) is 0 Å². The van der Waals surface area contributed by atoms with Gasteiger partial charge in [-0.05, 0) is 59.4 Å². The number of ether oxygens (including phenoxy) is 2. The van der Waals surface area contributed by atoms with E-state index in [-0.39, 0.29) is 0 Å². The fourth-order valence-corrected chi connectivity index (χ4v) is 3.96. The van der Waals surface area contributed by atoms with Crippen LogP contribution in [0, 0.1) is 0 Å². The van der Waals surface area contributed by atoms with Crippen LogP contribution in [0.1, 0.15) is 28.3 Å². The molecule has 3 heterocycles. The van der Waals surface area contributed by atoms with E-state index in [0.717, 1.165) is 37.4 Å². The first kappa shape index (κ1) is 12.4. The van der Waals surface area contributed by atoms with Gasteiger partial charge in [0.15, 0.2) is 11.5 Å². The standard InChI is InChI=1S/C18H17NO3/c20-14-2-1-11-6-16-15-8-18-17(21-10-22-18)7-12(15)3-4-19(16)9-13(11)5-14/h1-2,5,7-8,16,20H,3-4,6,9-10H2. The summed E-state index contributed by atoms with van der Waals surface area (Å²) in [5, 5.41) is 9.70. The van der Waals surface area contributed by atoms with Gasteiger partial charge in [-0.25, -0.2) is 0 Å². The predicted octanol–water partition coefficient (Wildman–Crippen LogP) is 2.78. The highest BCUT2D eigenvalue weighted by Gasteiger charge is 2.33. The van der Waals surface area contributed by atoms with E-state index in [4.69, 9.17) is 9.47 Å².